The van der Waals surface area contributed by atoms with Gasteiger partial charge in [-0.1, -0.05) is 30.3 Å². The molecule has 0 fully saturated rings. The monoisotopic (exact) mass is 679 g/mol. The van der Waals surface area contributed by atoms with Gasteiger partial charge in [0, 0.05) is 16.1 Å². The topological polar surface area (TPSA) is 87.3 Å². The highest BCUT2D eigenvalue weighted by Gasteiger charge is 2.42. The Morgan fingerprint density at radius 3 is 1.87 bits per heavy atom. The molecule has 4 aromatic carbocycles. The third-order valence-corrected chi connectivity index (χ3v) is 7.41. The lowest BCUT2D eigenvalue weighted by Crippen LogP contribution is -2.30. The summed E-state index contributed by atoms with van der Waals surface area (Å²) in [5, 5.41) is 5.51. The first kappa shape index (κ1) is 34.7. The summed E-state index contributed by atoms with van der Waals surface area (Å²) < 4.78 is 108. The van der Waals surface area contributed by atoms with Crippen LogP contribution in [0.15, 0.2) is 89.5 Å². The Kier molecular flexibility index (Phi) is 10.7. The van der Waals surface area contributed by atoms with Gasteiger partial charge in [0.1, 0.15) is 22.8 Å². The van der Waals surface area contributed by atoms with Crippen molar-refractivity contribution in [3.63, 3.8) is 0 Å². The van der Waals surface area contributed by atoms with Gasteiger partial charge in [-0.2, -0.15) is 13.2 Å². The Hall–Kier alpha value is -5.18. The molecule has 1 atom stereocenters. The Morgan fingerprint density at radius 1 is 0.745 bits per heavy atom. The molecular weight excluding hydrogens is 658 g/mol. The standard InChI is InChI=1S/C32H21F8N3O3S/c1-16(29(44)43-28-26(36)24(34)23(32(38,39)40)25(35)27(28)37)47-21-13-11-20(12-14-21)41-31(46)22(15-17-7-9-19(33)10-8-17)42-30(45)18-5-3-2-4-6-18/h2-16H,1H3,(H,41,46)(H,42,45)(H,43,44)/b22-15-. The molecule has 0 aliphatic rings. The predicted octanol–water partition coefficient (Wildman–Crippen LogP) is 7.93. The second kappa shape index (κ2) is 14.5. The Balaban J connectivity index is 1.45. The molecule has 6 nitrogen and oxygen atoms in total. The average molecular weight is 680 g/mol. The molecule has 1 unspecified atom stereocenters. The fraction of sp³-hybridized carbons (Fsp3) is 0.0938. The summed E-state index contributed by atoms with van der Waals surface area (Å²) in [5.74, 6) is -13.3. The second-order valence-electron chi connectivity index (χ2n) is 9.66. The number of thioether (sulfide) groups is 1. The normalized spacial score (nSPS) is 12.3. The molecule has 15 heteroatoms. The summed E-state index contributed by atoms with van der Waals surface area (Å²) in [6, 6.07) is 18.9. The van der Waals surface area contributed by atoms with E-state index in [0.717, 1.165) is 11.8 Å². The third kappa shape index (κ3) is 8.55. The number of halogens is 8. The molecule has 0 saturated heterocycles. The zero-order valence-electron chi connectivity index (χ0n) is 23.8. The van der Waals surface area contributed by atoms with Crippen molar-refractivity contribution >= 4 is 46.9 Å². The molecule has 0 radical (unpaired) electrons. The molecule has 0 spiro atoms. The summed E-state index contributed by atoms with van der Waals surface area (Å²) in [7, 11) is 0. The zero-order chi connectivity index (χ0) is 34.5. The fourth-order valence-corrected chi connectivity index (χ4v) is 4.82. The number of anilines is 2. The largest absolute Gasteiger partial charge is 0.422 e. The van der Waals surface area contributed by atoms with Gasteiger partial charge in [-0.25, -0.2) is 22.0 Å². The van der Waals surface area contributed by atoms with E-state index in [1.807, 2.05) is 0 Å². The number of benzene rings is 4. The quantitative estimate of drug-likeness (QED) is 0.0726. The van der Waals surface area contributed by atoms with Gasteiger partial charge in [0.2, 0.25) is 5.91 Å². The fourth-order valence-electron chi connectivity index (χ4n) is 3.96. The van der Waals surface area contributed by atoms with Crippen molar-refractivity contribution in [2.45, 2.75) is 23.2 Å². The Bertz CT molecular complexity index is 1800. The van der Waals surface area contributed by atoms with Crippen LogP contribution in [0.1, 0.15) is 28.4 Å². The van der Waals surface area contributed by atoms with Crippen molar-refractivity contribution < 1.29 is 49.5 Å². The van der Waals surface area contributed by atoms with Crippen LogP contribution in [-0.2, 0) is 15.8 Å². The Morgan fingerprint density at radius 2 is 1.32 bits per heavy atom. The van der Waals surface area contributed by atoms with E-state index in [1.165, 1.54) is 73.7 Å². The molecule has 0 bridgehead atoms. The van der Waals surface area contributed by atoms with Gasteiger partial charge in [-0.05, 0) is 67.1 Å². The highest BCUT2D eigenvalue weighted by atomic mass is 32.2. The van der Waals surface area contributed by atoms with Crippen LogP contribution in [0, 0.1) is 29.1 Å². The molecule has 3 N–H and O–H groups in total. The van der Waals surface area contributed by atoms with Gasteiger partial charge >= 0.3 is 6.18 Å². The van der Waals surface area contributed by atoms with E-state index >= 15 is 0 Å². The SMILES string of the molecule is CC(Sc1ccc(NC(=O)/C(=C/c2ccc(F)cc2)NC(=O)c2ccccc2)cc1)C(=O)Nc1c(F)c(F)c(C(F)(F)F)c(F)c1F. The van der Waals surface area contributed by atoms with Crippen LogP contribution in [0.4, 0.5) is 46.5 Å². The molecule has 0 aliphatic heterocycles. The van der Waals surface area contributed by atoms with Crippen molar-refractivity contribution in [2.75, 3.05) is 10.6 Å². The smallest absolute Gasteiger partial charge is 0.321 e. The lowest BCUT2D eigenvalue weighted by molar-refractivity contribution is -0.143. The zero-order valence-corrected chi connectivity index (χ0v) is 24.6. The van der Waals surface area contributed by atoms with Crippen LogP contribution in [0.2, 0.25) is 0 Å². The third-order valence-electron chi connectivity index (χ3n) is 6.30. The lowest BCUT2D eigenvalue weighted by Gasteiger charge is -2.16. The highest BCUT2D eigenvalue weighted by molar-refractivity contribution is 8.00. The van der Waals surface area contributed by atoms with Crippen molar-refractivity contribution in [3.8, 4) is 0 Å². The number of alkyl halides is 3. The van der Waals surface area contributed by atoms with Gasteiger partial charge in [0.15, 0.2) is 23.3 Å². The first-order valence-corrected chi connectivity index (χ1v) is 14.2. The van der Waals surface area contributed by atoms with Gasteiger partial charge in [-0.15, -0.1) is 11.8 Å². The summed E-state index contributed by atoms with van der Waals surface area (Å²) in [6.07, 6.45) is -4.40. The molecular formula is C32H21F8N3O3S. The number of nitrogens with one attached hydrogen (secondary N) is 3. The van der Waals surface area contributed by atoms with Crippen LogP contribution in [0.3, 0.4) is 0 Å². The van der Waals surface area contributed by atoms with Crippen LogP contribution in [0.25, 0.3) is 6.08 Å². The maximum atomic E-state index is 14.2. The van der Waals surface area contributed by atoms with Crippen LogP contribution >= 0.6 is 11.8 Å². The number of hydrogen-bond donors (Lipinski definition) is 3. The number of carbonyl (C=O) groups is 3. The average Bonchev–Trinajstić information content (AvgIpc) is 3.03. The second-order valence-corrected chi connectivity index (χ2v) is 11.1. The first-order valence-electron chi connectivity index (χ1n) is 13.3. The van der Waals surface area contributed by atoms with E-state index in [4.69, 9.17) is 0 Å². The molecule has 3 amide bonds. The van der Waals surface area contributed by atoms with Crippen LogP contribution in [-0.4, -0.2) is 23.0 Å². The van der Waals surface area contributed by atoms with E-state index < -0.39 is 69.5 Å². The molecule has 0 heterocycles. The minimum absolute atomic E-state index is 0.176. The molecule has 244 valence electrons. The van der Waals surface area contributed by atoms with E-state index in [-0.39, 0.29) is 16.9 Å². The number of carbonyl (C=O) groups excluding carboxylic acids is 3. The minimum atomic E-state index is -5.73. The maximum Gasteiger partial charge on any atom is 0.422 e. The molecule has 0 saturated carbocycles. The predicted molar refractivity (Wildman–Crippen MR) is 159 cm³/mol. The van der Waals surface area contributed by atoms with Crippen molar-refractivity contribution in [2.24, 2.45) is 0 Å². The number of rotatable bonds is 9. The minimum Gasteiger partial charge on any atom is -0.321 e. The van der Waals surface area contributed by atoms with Crippen molar-refractivity contribution in [1.29, 1.82) is 0 Å². The number of amides is 3. The van der Waals surface area contributed by atoms with Gasteiger partial charge in [0.05, 0.1) is 5.25 Å². The van der Waals surface area contributed by atoms with Gasteiger partial charge < -0.3 is 16.0 Å². The van der Waals surface area contributed by atoms with E-state index in [2.05, 4.69) is 10.6 Å². The lowest BCUT2D eigenvalue weighted by atomic mass is 10.1. The summed E-state index contributed by atoms with van der Waals surface area (Å²) in [4.78, 5) is 38.8. The molecule has 0 aromatic heterocycles. The van der Waals surface area contributed by atoms with Crippen LogP contribution in [0.5, 0.6) is 0 Å². The summed E-state index contributed by atoms with van der Waals surface area (Å²) >= 11 is 0.805. The molecule has 47 heavy (non-hydrogen) atoms. The van der Waals surface area contributed by atoms with Gasteiger partial charge in [-0.3, -0.25) is 14.4 Å². The van der Waals surface area contributed by atoms with Crippen molar-refractivity contribution in [3.05, 3.63) is 130 Å². The molecule has 4 aromatic rings. The molecule has 4 rings (SSSR count). The van der Waals surface area contributed by atoms with Gasteiger partial charge in [0.25, 0.3) is 11.8 Å². The van der Waals surface area contributed by atoms with E-state index in [9.17, 15) is 49.5 Å². The van der Waals surface area contributed by atoms with Crippen molar-refractivity contribution in [1.82, 2.24) is 5.32 Å². The van der Waals surface area contributed by atoms with E-state index in [1.54, 1.807) is 23.5 Å². The highest BCUT2D eigenvalue weighted by Crippen LogP contribution is 2.38. The first-order chi connectivity index (χ1) is 22.1. The number of hydrogen-bond acceptors (Lipinski definition) is 4. The summed E-state index contributed by atoms with van der Waals surface area (Å²) in [6.45, 7) is 1.25. The summed E-state index contributed by atoms with van der Waals surface area (Å²) in [5.41, 5.74) is -3.75. The molecule has 0 aliphatic carbocycles. The van der Waals surface area contributed by atoms with Crippen LogP contribution < -0.4 is 16.0 Å². The Labute approximate surface area is 265 Å². The van der Waals surface area contributed by atoms with E-state index in [0.29, 0.717) is 10.5 Å². The maximum absolute atomic E-state index is 14.2.